The van der Waals surface area contributed by atoms with Crippen molar-refractivity contribution in [1.82, 2.24) is 0 Å². The van der Waals surface area contributed by atoms with Crippen molar-refractivity contribution in [2.24, 2.45) is 0 Å². The van der Waals surface area contributed by atoms with Crippen LogP contribution in [0.25, 0.3) is 33.4 Å². The molecule has 3 aromatic rings. The lowest BCUT2D eigenvalue weighted by Crippen LogP contribution is -1.90. The third-order valence-corrected chi connectivity index (χ3v) is 5.77. The monoisotopic (exact) mass is 410 g/mol. The molecule has 0 spiro atoms. The Labute approximate surface area is 182 Å². The first-order chi connectivity index (χ1) is 15.5. The molecule has 5 rings (SSSR count). The second-order valence-corrected chi connectivity index (χ2v) is 7.35. The highest BCUT2D eigenvalue weighted by Crippen LogP contribution is 2.54. The average Bonchev–Trinajstić information content (AvgIpc) is 3.27. The van der Waals surface area contributed by atoms with Gasteiger partial charge in [0.1, 0.15) is 46.9 Å². The number of rotatable bonds is 0. The standard InChI is InChI=1S/C26H10N4O2/c27-9-13(10-28)25-17-3-1-15(31)5-19(17)21-7-24-22(8-23(21)25)20-6-16(32)2-4-18(20)26(24)14(11-29)12-30/h1-8,31-32H. The summed E-state index contributed by atoms with van der Waals surface area (Å²) >= 11 is 0. The Morgan fingerprint density at radius 3 is 1.16 bits per heavy atom. The maximum atomic E-state index is 10.1. The molecule has 0 amide bonds. The molecule has 32 heavy (non-hydrogen) atoms. The van der Waals surface area contributed by atoms with E-state index in [1.54, 1.807) is 24.3 Å². The van der Waals surface area contributed by atoms with Crippen molar-refractivity contribution in [2.75, 3.05) is 0 Å². The number of hydrogen-bond donors (Lipinski definition) is 2. The molecule has 0 radical (unpaired) electrons. The van der Waals surface area contributed by atoms with E-state index in [0.717, 1.165) is 0 Å². The molecule has 6 heteroatoms. The molecule has 6 nitrogen and oxygen atoms in total. The van der Waals surface area contributed by atoms with Crippen LogP contribution in [0, 0.1) is 45.3 Å². The highest BCUT2D eigenvalue weighted by molar-refractivity contribution is 6.11. The minimum absolute atomic E-state index is 0.0330. The van der Waals surface area contributed by atoms with Crippen LogP contribution in [0.4, 0.5) is 0 Å². The van der Waals surface area contributed by atoms with Crippen LogP contribution in [0.2, 0.25) is 0 Å². The Balaban J connectivity index is 1.96. The van der Waals surface area contributed by atoms with E-state index in [-0.39, 0.29) is 22.6 Å². The van der Waals surface area contributed by atoms with Crippen LogP contribution < -0.4 is 0 Å². The molecule has 0 unspecified atom stereocenters. The van der Waals surface area contributed by atoms with E-state index in [4.69, 9.17) is 0 Å². The largest absolute Gasteiger partial charge is 0.508 e. The number of phenols is 2. The predicted octanol–water partition coefficient (Wildman–Crippen LogP) is 4.76. The van der Waals surface area contributed by atoms with Gasteiger partial charge in [0.05, 0.1) is 0 Å². The molecule has 0 fully saturated rings. The van der Waals surface area contributed by atoms with E-state index in [1.807, 2.05) is 36.4 Å². The highest BCUT2D eigenvalue weighted by atomic mass is 16.3. The van der Waals surface area contributed by atoms with Crippen LogP contribution in [-0.2, 0) is 0 Å². The third-order valence-electron chi connectivity index (χ3n) is 5.77. The molecule has 2 aliphatic rings. The van der Waals surface area contributed by atoms with Gasteiger partial charge in [0.15, 0.2) is 0 Å². The van der Waals surface area contributed by atoms with Crippen molar-refractivity contribution < 1.29 is 10.2 Å². The SMILES string of the molecule is N#CC(C#N)=C1c2ccc(O)cc2-c2cc3c(cc21)-c1cc(O)ccc1C3=C(C#N)C#N. The Bertz CT molecular complexity index is 1480. The Morgan fingerprint density at radius 2 is 0.812 bits per heavy atom. The Hall–Kier alpha value is -5.30. The lowest BCUT2D eigenvalue weighted by Gasteiger charge is -2.08. The highest BCUT2D eigenvalue weighted by Gasteiger charge is 2.33. The van der Waals surface area contributed by atoms with E-state index in [9.17, 15) is 31.3 Å². The van der Waals surface area contributed by atoms with E-state index >= 15 is 0 Å². The zero-order chi connectivity index (χ0) is 22.6. The number of allylic oxidation sites excluding steroid dienone is 2. The van der Waals surface area contributed by atoms with Crippen LogP contribution >= 0.6 is 0 Å². The summed E-state index contributed by atoms with van der Waals surface area (Å²) in [6.07, 6.45) is 0. The second-order valence-electron chi connectivity index (χ2n) is 7.35. The van der Waals surface area contributed by atoms with Gasteiger partial charge in [-0.25, -0.2) is 0 Å². The minimum atomic E-state index is -0.0599. The number of phenolic OH excluding ortho intramolecular Hbond substituents is 2. The van der Waals surface area contributed by atoms with Gasteiger partial charge in [0.25, 0.3) is 0 Å². The number of hydrogen-bond acceptors (Lipinski definition) is 6. The molecular formula is C26H10N4O2. The second kappa shape index (κ2) is 6.61. The summed E-state index contributed by atoms with van der Waals surface area (Å²) in [4.78, 5) is 0. The number of nitrogens with zero attached hydrogens (tertiary/aromatic N) is 4. The summed E-state index contributed by atoms with van der Waals surface area (Å²) in [7, 11) is 0. The van der Waals surface area contributed by atoms with Crippen molar-refractivity contribution in [3.8, 4) is 58.0 Å². The van der Waals surface area contributed by atoms with Gasteiger partial charge in [-0.1, -0.05) is 0 Å². The van der Waals surface area contributed by atoms with Crippen molar-refractivity contribution in [1.29, 1.82) is 21.0 Å². The molecule has 0 heterocycles. The van der Waals surface area contributed by atoms with Crippen molar-refractivity contribution >= 4 is 11.1 Å². The van der Waals surface area contributed by atoms with Gasteiger partial charge >= 0.3 is 0 Å². The first-order valence-corrected chi connectivity index (χ1v) is 9.47. The lowest BCUT2D eigenvalue weighted by atomic mass is 9.93. The van der Waals surface area contributed by atoms with Crippen molar-refractivity contribution in [2.45, 2.75) is 0 Å². The van der Waals surface area contributed by atoms with Gasteiger partial charge in [-0.15, -0.1) is 0 Å². The minimum Gasteiger partial charge on any atom is -0.508 e. The smallest absolute Gasteiger partial charge is 0.138 e. The van der Waals surface area contributed by atoms with Gasteiger partial charge in [0, 0.05) is 11.1 Å². The molecule has 0 saturated heterocycles. The number of nitriles is 4. The third kappa shape index (κ3) is 2.36. The molecule has 0 aromatic heterocycles. The summed E-state index contributed by atoms with van der Waals surface area (Å²) in [5, 5.41) is 58.4. The zero-order valence-electron chi connectivity index (χ0n) is 16.3. The summed E-state index contributed by atoms with van der Waals surface area (Å²) in [5.41, 5.74) is 6.00. The Morgan fingerprint density at radius 1 is 0.469 bits per heavy atom. The van der Waals surface area contributed by atoms with Crippen LogP contribution in [0.1, 0.15) is 22.3 Å². The quantitative estimate of drug-likeness (QED) is 0.353. The number of fused-ring (bicyclic) bond motifs is 6. The lowest BCUT2D eigenvalue weighted by molar-refractivity contribution is 0.475. The molecule has 0 saturated carbocycles. The van der Waals surface area contributed by atoms with E-state index in [0.29, 0.717) is 55.7 Å². The van der Waals surface area contributed by atoms with E-state index in [1.165, 1.54) is 12.1 Å². The van der Waals surface area contributed by atoms with Gasteiger partial charge < -0.3 is 10.2 Å². The number of aromatic hydroxyl groups is 2. The van der Waals surface area contributed by atoms with Crippen molar-refractivity contribution in [3.63, 3.8) is 0 Å². The fourth-order valence-electron chi connectivity index (χ4n) is 4.51. The number of benzene rings is 3. The molecule has 0 aliphatic heterocycles. The fraction of sp³-hybridized carbons (Fsp3) is 0. The molecule has 0 bridgehead atoms. The first kappa shape index (κ1) is 18.7. The molecule has 0 atom stereocenters. The Kier molecular flexibility index (Phi) is 3.87. The first-order valence-electron chi connectivity index (χ1n) is 9.47. The summed E-state index contributed by atoms with van der Waals surface area (Å²) in [6.45, 7) is 0. The topological polar surface area (TPSA) is 136 Å². The summed E-state index contributed by atoms with van der Waals surface area (Å²) in [6, 6.07) is 20.9. The van der Waals surface area contributed by atoms with Gasteiger partial charge in [-0.2, -0.15) is 21.0 Å². The fourth-order valence-corrected chi connectivity index (χ4v) is 4.51. The molecule has 3 aromatic carbocycles. The van der Waals surface area contributed by atoms with Gasteiger partial charge in [-0.05, 0) is 93.0 Å². The van der Waals surface area contributed by atoms with E-state index < -0.39 is 0 Å². The van der Waals surface area contributed by atoms with Crippen LogP contribution in [0.15, 0.2) is 59.7 Å². The molecule has 2 N–H and O–H groups in total. The average molecular weight is 410 g/mol. The summed E-state index contributed by atoms with van der Waals surface area (Å²) in [5.74, 6) is 0.0660. The normalized spacial score (nSPS) is 11.8. The van der Waals surface area contributed by atoms with Crippen LogP contribution in [0.3, 0.4) is 0 Å². The summed E-state index contributed by atoms with van der Waals surface area (Å²) < 4.78 is 0. The molecular weight excluding hydrogens is 400 g/mol. The molecule has 146 valence electrons. The van der Waals surface area contributed by atoms with Crippen molar-refractivity contribution in [3.05, 3.63) is 81.9 Å². The molecule has 2 aliphatic carbocycles. The van der Waals surface area contributed by atoms with Gasteiger partial charge in [0.2, 0.25) is 0 Å². The van der Waals surface area contributed by atoms with Crippen LogP contribution in [0.5, 0.6) is 11.5 Å². The van der Waals surface area contributed by atoms with Crippen LogP contribution in [-0.4, -0.2) is 10.2 Å². The van der Waals surface area contributed by atoms with Gasteiger partial charge in [-0.3, -0.25) is 0 Å². The predicted molar refractivity (Wildman–Crippen MR) is 115 cm³/mol. The maximum absolute atomic E-state index is 10.1. The maximum Gasteiger partial charge on any atom is 0.138 e. The zero-order valence-corrected chi connectivity index (χ0v) is 16.3. The van der Waals surface area contributed by atoms with E-state index in [2.05, 4.69) is 0 Å².